The Morgan fingerprint density at radius 3 is 1.26 bits per heavy atom. The van der Waals surface area contributed by atoms with Crippen LogP contribution in [0.15, 0.2) is 121 Å². The highest BCUT2D eigenvalue weighted by molar-refractivity contribution is 7.94. The molecule has 5 aromatic carbocycles. The van der Waals surface area contributed by atoms with E-state index in [1.165, 1.54) is 139 Å². The highest BCUT2D eigenvalue weighted by atomic mass is 35.5. The van der Waals surface area contributed by atoms with Crippen molar-refractivity contribution in [3.8, 4) is 57.1 Å². The number of unbranched alkanes of at least 4 members (excludes halogenated alkanes) is 23. The molecule has 36 heteroatoms. The number of H-pyrrole nitrogens is 4. The van der Waals surface area contributed by atoms with E-state index < -0.39 is 56.3 Å². The maximum Gasteiger partial charge on any atom is 0.325 e. The molecule has 0 saturated carbocycles. The van der Waals surface area contributed by atoms with Crippen LogP contribution < -0.4 is 23.7 Å². The van der Waals surface area contributed by atoms with Gasteiger partial charge < -0.3 is 28.4 Å². The number of sulfonamides is 1. The Morgan fingerprint density at radius 2 is 0.827 bits per heavy atom. The number of rotatable bonds is 48. The van der Waals surface area contributed by atoms with Crippen LogP contribution in [0.2, 0.25) is 15.1 Å². The van der Waals surface area contributed by atoms with Crippen molar-refractivity contribution in [2.75, 3.05) is 41.2 Å². The molecule has 0 aliphatic rings. The first-order chi connectivity index (χ1) is 66.4. The minimum Gasteiger partial charge on any atom is -0.494 e. The summed E-state index contributed by atoms with van der Waals surface area (Å²) in [5.41, 5.74) is 12.5. The van der Waals surface area contributed by atoms with Gasteiger partial charge in [-0.1, -0.05) is 308 Å². The van der Waals surface area contributed by atoms with Gasteiger partial charge in [0, 0.05) is 61.6 Å². The van der Waals surface area contributed by atoms with Crippen LogP contribution in [-0.2, 0) is 70.9 Å². The third kappa shape index (κ3) is 33.0. The first kappa shape index (κ1) is 110. The molecule has 0 radical (unpaired) electrons. The van der Waals surface area contributed by atoms with E-state index in [-0.39, 0.29) is 42.5 Å². The number of nitrogens with zero attached hydrogens (tertiary/aromatic N) is 12. The number of hydrogen-bond donors (Lipinski definition) is 7. The maximum absolute atomic E-state index is 13.3. The smallest absolute Gasteiger partial charge is 0.325 e. The lowest BCUT2D eigenvalue weighted by atomic mass is 9.92. The molecule has 1 amide bonds. The standard InChI is InChI=1S/C36H55N5O5.C33H46ClN5O3S.C19H24ClN5O4S.C15H17ClN4/c1-4-6-8-10-12-14-16-18-24-45-33(42)27-31(36(44)46-25-19-17-15-13-11-9-7-5-2)35(43)37-30-22-20-29(21-23-30)34-38-32-26-28(3)39-41(32)40-34;1-6-7-8-9-10-11-12-13-14-15-22-41-26-18-20-27(21-19-26)42-43(40)38-28-23-25(17-16-24(28)2)31-35-32-29(34)30(33(3,4)5)36-39(32)37-31;1-6-29-18(26)11(2)30(27,28)24-13-9-7-12(8-10-13)16-21-17-14(20)15(19(3,4)5)22-25(17)23-16;1-9-5-7-10(8-6-9)13-17-14-11(16)12(15(2,3)4)18-20(14)19-13/h20-23,26,31,39H,4-19,24-25,27H2,1-3H3,(H,37,43);16-21,23,36,38H,6-15,22H2,1-5H3;7-11,22,24H,6H2,1-5H3;5-8,18H,1-4H3. The van der Waals surface area contributed by atoms with Gasteiger partial charge in [-0.15, -0.1) is 20.4 Å². The minimum absolute atomic E-state index is 0.0660. The fourth-order valence-electron chi connectivity index (χ4n) is 15.1. The molecule has 8 aromatic heterocycles. The Kier molecular flexibility index (Phi) is 41.8. The number of fused-ring (bicyclic) bond motifs is 4. The zero-order valence-electron chi connectivity index (χ0n) is 83.8. The number of aromatic nitrogens is 16. The van der Waals surface area contributed by atoms with Crippen molar-refractivity contribution in [1.82, 2.24) is 79.2 Å². The van der Waals surface area contributed by atoms with E-state index in [0.717, 1.165) is 95.7 Å². The molecular formula is C103H142Cl3N19O12S2. The summed E-state index contributed by atoms with van der Waals surface area (Å²) >= 11 is 17.6. The Morgan fingerprint density at radius 1 is 0.439 bits per heavy atom. The quantitative estimate of drug-likeness (QED) is 0.00806. The van der Waals surface area contributed by atoms with Crippen LogP contribution in [0.5, 0.6) is 11.5 Å². The highest BCUT2D eigenvalue weighted by Crippen LogP contribution is 2.37. The topological polar surface area (TPSA) is 386 Å². The normalized spacial score (nSPS) is 12.5. The van der Waals surface area contributed by atoms with E-state index in [4.69, 9.17) is 57.9 Å². The van der Waals surface area contributed by atoms with Crippen LogP contribution in [-0.4, -0.2) is 147 Å². The Balaban J connectivity index is 0.000000198. The van der Waals surface area contributed by atoms with E-state index in [1.807, 2.05) is 95.3 Å². The van der Waals surface area contributed by atoms with Crippen molar-refractivity contribution in [3.63, 3.8) is 0 Å². The van der Waals surface area contributed by atoms with E-state index >= 15 is 0 Å². The van der Waals surface area contributed by atoms with Gasteiger partial charge in [-0.25, -0.2) is 28.4 Å². The third-order valence-electron chi connectivity index (χ3n) is 23.4. The number of aryl methyl sites for hydroxylation is 3. The summed E-state index contributed by atoms with van der Waals surface area (Å²) in [4.78, 5) is 68.9. The predicted octanol–water partition coefficient (Wildman–Crippen LogP) is 25.1. The van der Waals surface area contributed by atoms with Crippen molar-refractivity contribution in [3.05, 3.63) is 170 Å². The van der Waals surface area contributed by atoms with Crippen molar-refractivity contribution >= 4 is 120 Å². The van der Waals surface area contributed by atoms with E-state index in [1.54, 1.807) is 81.5 Å². The lowest BCUT2D eigenvalue weighted by Crippen LogP contribution is -2.33. The second-order valence-corrected chi connectivity index (χ2v) is 42.4. The van der Waals surface area contributed by atoms with E-state index in [9.17, 15) is 31.8 Å². The second kappa shape index (κ2) is 52.9. The number of halogens is 3. The molecule has 8 heterocycles. The first-order valence-corrected chi connectivity index (χ1v) is 52.8. The van der Waals surface area contributed by atoms with Gasteiger partial charge in [0.05, 0.1) is 55.6 Å². The molecule has 0 fully saturated rings. The average molecular weight is 2010 g/mol. The van der Waals surface area contributed by atoms with Crippen molar-refractivity contribution in [2.45, 2.75) is 313 Å². The van der Waals surface area contributed by atoms with E-state index in [0.29, 0.717) is 95.9 Å². The lowest BCUT2D eigenvalue weighted by Gasteiger charge is -2.16. The Labute approximate surface area is 835 Å². The summed E-state index contributed by atoms with van der Waals surface area (Å²) in [7, 11) is -3.93. The molecule has 3 atom stereocenters. The SMILES string of the molecule is CCCCCCCCCCCCOc1ccc(OS(=O)Nc2cc(-c3nc4c(Cl)c(C(C)(C)C)[nH]n4n3)ccc2C)cc1.CCCCCCCCCCOC(=O)CC(C(=O)Nc1ccc(-c2nc3cc(C)[nH]n3n2)cc1)C(=O)OCCCCCCCCCC.CCOC(=O)C(C)S(=O)(=O)Nc1ccc(-c2nc3c(Cl)c(C(C)(C)C)[nH]n3n2)cc1.Cc1ccc(-c2nc3c(Cl)c(C(C)(C)C)[nH]n3n2)cc1. The number of carbonyl (C=O) groups is 4. The van der Waals surface area contributed by atoms with Gasteiger partial charge in [-0.3, -0.25) is 49.0 Å². The molecule has 0 bridgehead atoms. The number of esters is 3. The summed E-state index contributed by atoms with van der Waals surface area (Å²) in [6.07, 6.45) is 30.7. The van der Waals surface area contributed by atoms with Crippen LogP contribution >= 0.6 is 34.8 Å². The third-order valence-corrected chi connectivity index (χ3v) is 26.8. The monoisotopic (exact) mass is 2010 g/mol. The van der Waals surface area contributed by atoms with Crippen molar-refractivity contribution < 1.29 is 54.9 Å². The van der Waals surface area contributed by atoms with Crippen LogP contribution in [0, 0.1) is 26.7 Å². The van der Waals surface area contributed by atoms with Crippen LogP contribution in [0.4, 0.5) is 17.1 Å². The maximum atomic E-state index is 13.3. The molecule has 7 N–H and O–H groups in total. The van der Waals surface area contributed by atoms with Crippen molar-refractivity contribution in [1.29, 1.82) is 0 Å². The predicted molar refractivity (Wildman–Crippen MR) is 555 cm³/mol. The van der Waals surface area contributed by atoms with Crippen LogP contribution in [0.25, 0.3) is 68.1 Å². The molecule has 3 unspecified atom stereocenters. The van der Waals surface area contributed by atoms with Gasteiger partial charge in [0.1, 0.15) is 32.5 Å². The van der Waals surface area contributed by atoms with Gasteiger partial charge >= 0.3 is 29.2 Å². The zero-order chi connectivity index (χ0) is 101. The number of hydrogen-bond acceptors (Lipinski definition) is 20. The summed E-state index contributed by atoms with van der Waals surface area (Å²) in [6, 6.07) is 36.5. The van der Waals surface area contributed by atoms with Gasteiger partial charge in [-0.05, 0) is 138 Å². The molecule has 139 heavy (non-hydrogen) atoms. The van der Waals surface area contributed by atoms with Crippen LogP contribution in [0.3, 0.4) is 0 Å². The Hall–Kier alpha value is -11.1. The number of nitrogens with one attached hydrogen (secondary N) is 7. The van der Waals surface area contributed by atoms with Gasteiger partial charge in [-0.2, -0.15) is 22.7 Å². The molecule has 13 aromatic rings. The number of benzene rings is 5. The van der Waals surface area contributed by atoms with Gasteiger partial charge in [0.2, 0.25) is 15.9 Å². The Bertz CT molecular complexity index is 6180. The fraction of sp³-hybridized carbons (Fsp3) is 0.515. The van der Waals surface area contributed by atoms with Gasteiger partial charge in [0.25, 0.3) is 0 Å². The summed E-state index contributed by atoms with van der Waals surface area (Å²) in [5, 5.41) is 33.8. The average Bonchev–Trinajstić information content (AvgIpc) is 1.62. The molecule has 0 spiro atoms. The molecule has 0 saturated heterocycles. The first-order valence-electron chi connectivity index (χ1n) is 49.0. The molecule has 31 nitrogen and oxygen atoms in total. The second-order valence-electron chi connectivity index (χ2n) is 38.4. The minimum atomic E-state index is -3.93. The largest absolute Gasteiger partial charge is 0.494 e. The van der Waals surface area contributed by atoms with E-state index in [2.05, 4.69) is 145 Å². The van der Waals surface area contributed by atoms with Gasteiger partial charge in [0.15, 0.2) is 51.1 Å². The number of amides is 1. The number of anilines is 3. The number of carbonyl (C=O) groups excluding carboxylic acids is 4. The summed E-state index contributed by atoms with van der Waals surface area (Å²) < 4.78 is 76.4. The molecule has 13 rings (SSSR count). The number of aromatic amines is 4. The van der Waals surface area contributed by atoms with Crippen molar-refractivity contribution in [2.24, 2.45) is 5.92 Å². The molecule has 754 valence electrons. The molecular weight excluding hydrogens is 1870 g/mol. The molecule has 0 aliphatic carbocycles. The lowest BCUT2D eigenvalue weighted by molar-refractivity contribution is -0.158. The number of ether oxygens (including phenoxy) is 4. The molecule has 0 aliphatic heterocycles. The summed E-state index contributed by atoms with van der Waals surface area (Å²) in [5.74, 6) is -0.512. The fourth-order valence-corrected chi connectivity index (χ4v) is 18.1. The van der Waals surface area contributed by atoms with Crippen LogP contribution in [0.1, 0.15) is 304 Å². The summed E-state index contributed by atoms with van der Waals surface area (Å²) in [6.45, 7) is 35.5. The zero-order valence-corrected chi connectivity index (χ0v) is 87.7. The highest BCUT2D eigenvalue weighted by Gasteiger charge is 2.34.